The molecule has 14 nitrogen and oxygen atoms in total. The number of H-pyrrole nitrogens is 1. The van der Waals surface area contributed by atoms with E-state index in [2.05, 4.69) is 25.9 Å². The SMILES string of the molecule is CC(NC(=O)C(CCCCN)NC(=O)C(CC(N)=O)NC(=O)C(N)Cc1cnc[nH]1)C(=O)O. The first-order valence-electron chi connectivity index (χ1n) is 10.4. The van der Waals surface area contributed by atoms with E-state index in [4.69, 9.17) is 22.3 Å². The molecule has 0 saturated heterocycles. The van der Waals surface area contributed by atoms with Crippen LogP contribution < -0.4 is 33.2 Å². The van der Waals surface area contributed by atoms with E-state index in [0.717, 1.165) is 0 Å². The predicted molar refractivity (Wildman–Crippen MR) is 116 cm³/mol. The Bertz CT molecular complexity index is 815. The number of hydrogen-bond donors (Lipinski definition) is 8. The zero-order valence-corrected chi connectivity index (χ0v) is 18.4. The number of carboxylic acid groups (broad SMARTS) is 1. The Morgan fingerprint density at radius 1 is 1.06 bits per heavy atom. The number of nitrogens with one attached hydrogen (secondary N) is 4. The molecule has 1 aromatic rings. The first-order valence-corrected chi connectivity index (χ1v) is 10.4. The number of primary amides is 1. The van der Waals surface area contributed by atoms with E-state index in [1.165, 1.54) is 19.4 Å². The maximum atomic E-state index is 12.8. The lowest BCUT2D eigenvalue weighted by Gasteiger charge is -2.24. The van der Waals surface area contributed by atoms with Gasteiger partial charge in [-0.15, -0.1) is 0 Å². The molecule has 0 aliphatic carbocycles. The summed E-state index contributed by atoms with van der Waals surface area (Å²) in [5.41, 5.74) is 17.1. The van der Waals surface area contributed by atoms with E-state index >= 15 is 0 Å². The standard InChI is InChI=1S/C19H32N8O6/c1-10(19(32)33)25-17(30)13(4-2-3-5-20)26-18(31)14(7-15(22)28)27-16(29)12(21)6-11-8-23-9-24-11/h8-10,12-14H,2-7,20-21H2,1H3,(H2,22,28)(H,23,24)(H,25,30)(H,26,31)(H,27,29)(H,32,33). The Morgan fingerprint density at radius 3 is 2.24 bits per heavy atom. The quantitative estimate of drug-likeness (QED) is 0.121. The molecule has 0 spiro atoms. The van der Waals surface area contributed by atoms with Gasteiger partial charge in [0.15, 0.2) is 0 Å². The summed E-state index contributed by atoms with van der Waals surface area (Å²) in [5.74, 6) is -4.39. The van der Waals surface area contributed by atoms with Crippen molar-refractivity contribution < 1.29 is 29.1 Å². The van der Waals surface area contributed by atoms with Crippen LogP contribution in [0, 0.1) is 0 Å². The monoisotopic (exact) mass is 468 g/mol. The molecule has 1 heterocycles. The average molecular weight is 469 g/mol. The highest BCUT2D eigenvalue weighted by Crippen LogP contribution is 2.04. The van der Waals surface area contributed by atoms with Crippen molar-refractivity contribution in [3.05, 3.63) is 18.2 Å². The highest BCUT2D eigenvalue weighted by atomic mass is 16.4. The minimum Gasteiger partial charge on any atom is -0.480 e. The number of carboxylic acids is 1. The molecule has 4 amide bonds. The van der Waals surface area contributed by atoms with Crippen molar-refractivity contribution >= 4 is 29.6 Å². The highest BCUT2D eigenvalue weighted by Gasteiger charge is 2.30. The van der Waals surface area contributed by atoms with Gasteiger partial charge in [-0.1, -0.05) is 0 Å². The number of aromatic nitrogens is 2. The first-order chi connectivity index (χ1) is 15.5. The Hall–Kier alpha value is -3.52. The lowest BCUT2D eigenvalue weighted by molar-refractivity contribution is -0.142. The van der Waals surface area contributed by atoms with Gasteiger partial charge in [-0.25, -0.2) is 4.98 Å². The summed E-state index contributed by atoms with van der Waals surface area (Å²) in [6, 6.07) is -4.73. The van der Waals surface area contributed by atoms with Crippen LogP contribution >= 0.6 is 0 Å². The van der Waals surface area contributed by atoms with Crippen LogP contribution in [-0.4, -0.2) is 75.4 Å². The second-order valence-corrected chi connectivity index (χ2v) is 7.53. The van der Waals surface area contributed by atoms with Gasteiger partial charge in [-0.05, 0) is 32.7 Å². The lowest BCUT2D eigenvalue weighted by atomic mass is 10.1. The smallest absolute Gasteiger partial charge is 0.325 e. The van der Waals surface area contributed by atoms with Gasteiger partial charge in [0, 0.05) is 18.3 Å². The number of nitrogens with two attached hydrogens (primary N) is 3. The van der Waals surface area contributed by atoms with Crippen LogP contribution in [-0.2, 0) is 30.4 Å². The third kappa shape index (κ3) is 10.1. The zero-order valence-electron chi connectivity index (χ0n) is 18.4. The van der Waals surface area contributed by atoms with Gasteiger partial charge >= 0.3 is 5.97 Å². The molecule has 184 valence electrons. The average Bonchev–Trinajstić information content (AvgIpc) is 3.24. The number of aromatic amines is 1. The highest BCUT2D eigenvalue weighted by molar-refractivity contribution is 5.96. The molecule has 0 bridgehead atoms. The number of unbranched alkanes of at least 4 members (excludes halogenated alkanes) is 1. The third-order valence-electron chi connectivity index (χ3n) is 4.68. The second-order valence-electron chi connectivity index (χ2n) is 7.53. The number of carbonyl (C=O) groups is 5. The molecule has 4 unspecified atom stereocenters. The number of carbonyl (C=O) groups excluding carboxylic acids is 4. The van der Waals surface area contributed by atoms with Gasteiger partial charge in [0.25, 0.3) is 0 Å². The van der Waals surface area contributed by atoms with Crippen LogP contribution in [0.5, 0.6) is 0 Å². The molecule has 0 aliphatic rings. The van der Waals surface area contributed by atoms with Gasteiger partial charge in [-0.3, -0.25) is 24.0 Å². The molecule has 14 heteroatoms. The Balaban J connectivity index is 2.88. The molecule has 0 fully saturated rings. The maximum absolute atomic E-state index is 12.8. The molecule has 0 aliphatic heterocycles. The molecule has 0 radical (unpaired) electrons. The minimum atomic E-state index is -1.38. The summed E-state index contributed by atoms with van der Waals surface area (Å²) in [5, 5.41) is 16.1. The molecular formula is C19H32N8O6. The second kappa shape index (κ2) is 13.8. The number of nitrogens with zero attached hydrogens (tertiary/aromatic N) is 1. The molecule has 0 aromatic carbocycles. The summed E-state index contributed by atoms with van der Waals surface area (Å²) in [7, 11) is 0. The van der Waals surface area contributed by atoms with Crippen molar-refractivity contribution in [2.75, 3.05) is 6.54 Å². The van der Waals surface area contributed by atoms with Gasteiger partial charge in [0.2, 0.25) is 23.6 Å². The summed E-state index contributed by atoms with van der Waals surface area (Å²) in [6.45, 7) is 1.64. The normalized spacial score (nSPS) is 14.4. The van der Waals surface area contributed by atoms with Gasteiger partial charge in [-0.2, -0.15) is 0 Å². The molecular weight excluding hydrogens is 436 g/mol. The van der Waals surface area contributed by atoms with Gasteiger partial charge in [0.1, 0.15) is 18.1 Å². The van der Waals surface area contributed by atoms with Gasteiger partial charge in [0.05, 0.1) is 18.8 Å². The summed E-state index contributed by atoms with van der Waals surface area (Å²) < 4.78 is 0. The van der Waals surface area contributed by atoms with Crippen LogP contribution in [0.2, 0.25) is 0 Å². The van der Waals surface area contributed by atoms with Crippen LogP contribution in [0.3, 0.4) is 0 Å². The zero-order chi connectivity index (χ0) is 25.0. The predicted octanol–water partition coefficient (Wildman–Crippen LogP) is -3.16. The fraction of sp³-hybridized carbons (Fsp3) is 0.579. The molecule has 1 aromatic heterocycles. The maximum Gasteiger partial charge on any atom is 0.325 e. The molecule has 33 heavy (non-hydrogen) atoms. The van der Waals surface area contributed by atoms with E-state index < -0.39 is 60.2 Å². The lowest BCUT2D eigenvalue weighted by Crippen LogP contribution is -2.57. The Morgan fingerprint density at radius 2 is 1.70 bits per heavy atom. The van der Waals surface area contributed by atoms with Crippen molar-refractivity contribution in [2.45, 2.75) is 63.2 Å². The van der Waals surface area contributed by atoms with E-state index in [0.29, 0.717) is 25.1 Å². The first kappa shape index (κ1) is 27.5. The van der Waals surface area contributed by atoms with Crippen molar-refractivity contribution in [3.8, 4) is 0 Å². The fourth-order valence-corrected chi connectivity index (χ4v) is 2.82. The third-order valence-corrected chi connectivity index (χ3v) is 4.68. The topological polar surface area (TPSA) is 248 Å². The number of aliphatic carboxylic acids is 1. The summed E-state index contributed by atoms with van der Waals surface area (Å²) in [6.07, 6.45) is 3.69. The number of imidazole rings is 1. The largest absolute Gasteiger partial charge is 0.480 e. The molecule has 11 N–H and O–H groups in total. The van der Waals surface area contributed by atoms with Crippen molar-refractivity contribution in [3.63, 3.8) is 0 Å². The fourth-order valence-electron chi connectivity index (χ4n) is 2.82. The Labute approximate surface area is 190 Å². The van der Waals surface area contributed by atoms with Crippen LogP contribution in [0.4, 0.5) is 0 Å². The van der Waals surface area contributed by atoms with E-state index in [1.54, 1.807) is 0 Å². The van der Waals surface area contributed by atoms with Crippen molar-refractivity contribution in [2.24, 2.45) is 17.2 Å². The van der Waals surface area contributed by atoms with E-state index in [-0.39, 0.29) is 12.8 Å². The van der Waals surface area contributed by atoms with E-state index in [9.17, 15) is 24.0 Å². The summed E-state index contributed by atoms with van der Waals surface area (Å²) >= 11 is 0. The number of hydrogen-bond acceptors (Lipinski definition) is 8. The van der Waals surface area contributed by atoms with Crippen molar-refractivity contribution in [1.29, 1.82) is 0 Å². The van der Waals surface area contributed by atoms with Gasteiger partial charge < -0.3 is 43.2 Å². The Kier molecular flexibility index (Phi) is 11.5. The van der Waals surface area contributed by atoms with Crippen LogP contribution in [0.1, 0.15) is 38.3 Å². The van der Waals surface area contributed by atoms with Crippen LogP contribution in [0.15, 0.2) is 12.5 Å². The van der Waals surface area contributed by atoms with E-state index in [1.807, 2.05) is 0 Å². The molecule has 1 rings (SSSR count). The molecule has 0 saturated carbocycles. The van der Waals surface area contributed by atoms with Crippen molar-refractivity contribution in [1.82, 2.24) is 25.9 Å². The minimum absolute atomic E-state index is 0.105. The number of rotatable bonds is 15. The van der Waals surface area contributed by atoms with Crippen LogP contribution in [0.25, 0.3) is 0 Å². The molecule has 4 atom stereocenters. The number of amides is 4. The summed E-state index contributed by atoms with van der Waals surface area (Å²) in [4.78, 5) is 66.9.